The Kier molecular flexibility index (Phi) is 5.15. The molecule has 0 amide bonds. The number of nitrogens with zero attached hydrogens (tertiary/aromatic N) is 2. The number of nitrogens with two attached hydrogens (primary N) is 1. The molecule has 5 heteroatoms. The predicted molar refractivity (Wildman–Crippen MR) is 74.6 cm³/mol. The van der Waals surface area contributed by atoms with Crippen LogP contribution >= 0.6 is 11.3 Å². The average Bonchev–Trinajstić information content (AvgIpc) is 2.55. The summed E-state index contributed by atoms with van der Waals surface area (Å²) in [4.78, 5) is 9.85. The van der Waals surface area contributed by atoms with E-state index < -0.39 is 0 Å². The van der Waals surface area contributed by atoms with Gasteiger partial charge in [0.1, 0.15) is 0 Å². The first-order valence-corrected chi connectivity index (χ1v) is 6.41. The number of aryl methyl sites for hydroxylation is 2. The Morgan fingerprint density at radius 3 is 2.76 bits per heavy atom. The average molecular weight is 252 g/mol. The zero-order valence-electron chi connectivity index (χ0n) is 10.7. The van der Waals surface area contributed by atoms with Crippen molar-refractivity contribution in [3.8, 4) is 0 Å². The van der Waals surface area contributed by atoms with Gasteiger partial charge in [-0.1, -0.05) is 12.2 Å². The van der Waals surface area contributed by atoms with Crippen LogP contribution in [0.1, 0.15) is 22.5 Å². The SMILES string of the molecule is C=C(C)CN=C(N)NCCc1sc(C)nc1C. The van der Waals surface area contributed by atoms with Gasteiger partial charge in [0.15, 0.2) is 5.96 Å². The van der Waals surface area contributed by atoms with Crippen molar-refractivity contribution < 1.29 is 0 Å². The summed E-state index contributed by atoms with van der Waals surface area (Å²) in [5, 5.41) is 4.20. The van der Waals surface area contributed by atoms with Crippen LogP contribution in [-0.2, 0) is 6.42 Å². The highest BCUT2D eigenvalue weighted by Gasteiger charge is 2.04. The highest BCUT2D eigenvalue weighted by atomic mass is 32.1. The molecule has 94 valence electrons. The highest BCUT2D eigenvalue weighted by molar-refractivity contribution is 7.11. The molecule has 0 spiro atoms. The monoisotopic (exact) mass is 252 g/mol. The van der Waals surface area contributed by atoms with Gasteiger partial charge in [-0.2, -0.15) is 0 Å². The van der Waals surface area contributed by atoms with E-state index in [1.807, 2.05) is 20.8 Å². The maximum absolute atomic E-state index is 5.71. The summed E-state index contributed by atoms with van der Waals surface area (Å²) in [6.07, 6.45) is 0.931. The molecular weight excluding hydrogens is 232 g/mol. The van der Waals surface area contributed by atoms with E-state index >= 15 is 0 Å². The number of aliphatic imine (C=N–C) groups is 1. The minimum absolute atomic E-state index is 0.479. The van der Waals surface area contributed by atoms with Crippen LogP contribution in [-0.4, -0.2) is 24.0 Å². The predicted octanol–water partition coefficient (Wildman–Crippen LogP) is 1.78. The minimum atomic E-state index is 0.479. The lowest BCUT2D eigenvalue weighted by molar-refractivity contribution is 0.855. The van der Waals surface area contributed by atoms with Crippen LogP contribution in [0.15, 0.2) is 17.1 Å². The van der Waals surface area contributed by atoms with Gasteiger partial charge < -0.3 is 11.1 Å². The van der Waals surface area contributed by atoms with Crippen molar-refractivity contribution in [2.45, 2.75) is 27.2 Å². The zero-order valence-corrected chi connectivity index (χ0v) is 11.5. The van der Waals surface area contributed by atoms with Crippen molar-refractivity contribution in [3.63, 3.8) is 0 Å². The minimum Gasteiger partial charge on any atom is -0.370 e. The molecule has 0 atom stereocenters. The summed E-state index contributed by atoms with van der Waals surface area (Å²) in [7, 11) is 0. The van der Waals surface area contributed by atoms with Crippen molar-refractivity contribution in [3.05, 3.63) is 27.7 Å². The lowest BCUT2D eigenvalue weighted by Crippen LogP contribution is -2.33. The second-order valence-corrected chi connectivity index (χ2v) is 5.36. The number of hydrogen-bond acceptors (Lipinski definition) is 3. The van der Waals surface area contributed by atoms with Crippen LogP contribution in [0.2, 0.25) is 0 Å². The molecule has 0 saturated carbocycles. The fourth-order valence-corrected chi connectivity index (χ4v) is 2.32. The van der Waals surface area contributed by atoms with Gasteiger partial charge in [-0.15, -0.1) is 11.3 Å². The molecule has 0 aliphatic rings. The molecule has 4 nitrogen and oxygen atoms in total. The molecule has 1 aromatic rings. The fraction of sp³-hybridized carbons (Fsp3) is 0.500. The van der Waals surface area contributed by atoms with Crippen LogP contribution in [0.5, 0.6) is 0 Å². The Hall–Kier alpha value is -1.36. The molecule has 0 aliphatic carbocycles. The van der Waals surface area contributed by atoms with E-state index in [0.717, 1.165) is 29.2 Å². The zero-order chi connectivity index (χ0) is 12.8. The van der Waals surface area contributed by atoms with Gasteiger partial charge in [-0.3, -0.25) is 0 Å². The lowest BCUT2D eigenvalue weighted by atomic mass is 10.3. The topological polar surface area (TPSA) is 63.3 Å². The second kappa shape index (κ2) is 6.39. The standard InChI is InChI=1S/C12H20N4S/c1-8(2)7-15-12(13)14-6-5-11-9(3)16-10(4)17-11/h1,5-7H2,2-4H3,(H3,13,14,15). The Balaban J connectivity index is 2.35. The Labute approximate surface area is 107 Å². The number of aromatic nitrogens is 1. The molecule has 0 bridgehead atoms. The molecular formula is C12H20N4S. The molecule has 0 fully saturated rings. The Morgan fingerprint density at radius 2 is 2.24 bits per heavy atom. The van der Waals surface area contributed by atoms with Crippen LogP contribution in [0, 0.1) is 13.8 Å². The van der Waals surface area contributed by atoms with Gasteiger partial charge in [-0.25, -0.2) is 9.98 Å². The molecule has 1 heterocycles. The van der Waals surface area contributed by atoms with Crippen molar-refractivity contribution in [2.75, 3.05) is 13.1 Å². The highest BCUT2D eigenvalue weighted by Crippen LogP contribution is 2.16. The number of thiazole rings is 1. The van der Waals surface area contributed by atoms with Crippen LogP contribution in [0.3, 0.4) is 0 Å². The third-order valence-electron chi connectivity index (χ3n) is 2.18. The molecule has 17 heavy (non-hydrogen) atoms. The van der Waals surface area contributed by atoms with Gasteiger partial charge >= 0.3 is 0 Å². The van der Waals surface area contributed by atoms with E-state index in [2.05, 4.69) is 21.9 Å². The lowest BCUT2D eigenvalue weighted by Gasteiger charge is -2.04. The van der Waals surface area contributed by atoms with Crippen LogP contribution in [0.25, 0.3) is 0 Å². The van der Waals surface area contributed by atoms with E-state index in [0.29, 0.717) is 12.5 Å². The molecule has 0 radical (unpaired) electrons. The smallest absolute Gasteiger partial charge is 0.188 e. The van der Waals surface area contributed by atoms with E-state index in [1.54, 1.807) is 11.3 Å². The van der Waals surface area contributed by atoms with Gasteiger partial charge in [-0.05, 0) is 20.8 Å². The summed E-state index contributed by atoms with van der Waals surface area (Å²) < 4.78 is 0. The Bertz CT molecular complexity index is 420. The fourth-order valence-electron chi connectivity index (χ4n) is 1.39. The molecule has 3 N–H and O–H groups in total. The Morgan fingerprint density at radius 1 is 1.53 bits per heavy atom. The summed E-state index contributed by atoms with van der Waals surface area (Å²) in [6.45, 7) is 11.1. The maximum Gasteiger partial charge on any atom is 0.188 e. The molecule has 0 unspecified atom stereocenters. The van der Waals surface area contributed by atoms with Crippen LogP contribution in [0.4, 0.5) is 0 Å². The first-order chi connectivity index (χ1) is 7.99. The maximum atomic E-state index is 5.71. The quantitative estimate of drug-likeness (QED) is 0.477. The van der Waals surface area contributed by atoms with Gasteiger partial charge in [0.05, 0.1) is 17.2 Å². The largest absolute Gasteiger partial charge is 0.370 e. The van der Waals surface area contributed by atoms with Crippen molar-refractivity contribution >= 4 is 17.3 Å². The molecule has 1 aromatic heterocycles. The normalized spacial score (nSPS) is 11.6. The van der Waals surface area contributed by atoms with Crippen LogP contribution < -0.4 is 11.1 Å². The van der Waals surface area contributed by atoms with Crippen molar-refractivity contribution in [1.82, 2.24) is 10.3 Å². The number of nitrogens with one attached hydrogen (secondary N) is 1. The molecule has 0 saturated heterocycles. The van der Waals surface area contributed by atoms with Crippen molar-refractivity contribution in [2.24, 2.45) is 10.7 Å². The molecule has 0 aromatic carbocycles. The van der Waals surface area contributed by atoms with E-state index in [-0.39, 0.29) is 0 Å². The van der Waals surface area contributed by atoms with Gasteiger partial charge in [0.2, 0.25) is 0 Å². The molecule has 1 rings (SSSR count). The number of hydrogen-bond donors (Lipinski definition) is 2. The third-order valence-corrected chi connectivity index (χ3v) is 3.31. The number of rotatable bonds is 5. The van der Waals surface area contributed by atoms with E-state index in [1.165, 1.54) is 4.88 Å². The second-order valence-electron chi connectivity index (χ2n) is 4.08. The first kappa shape index (κ1) is 13.7. The van der Waals surface area contributed by atoms with E-state index in [4.69, 9.17) is 5.73 Å². The molecule has 0 aliphatic heterocycles. The summed E-state index contributed by atoms with van der Waals surface area (Å²) in [6, 6.07) is 0. The summed E-state index contributed by atoms with van der Waals surface area (Å²) in [5.74, 6) is 0.479. The van der Waals surface area contributed by atoms with Gasteiger partial charge in [0.25, 0.3) is 0 Å². The van der Waals surface area contributed by atoms with Gasteiger partial charge in [0, 0.05) is 17.8 Å². The first-order valence-electron chi connectivity index (χ1n) is 5.60. The van der Waals surface area contributed by atoms with Crippen molar-refractivity contribution in [1.29, 1.82) is 0 Å². The third kappa shape index (κ3) is 4.99. The summed E-state index contributed by atoms with van der Waals surface area (Å²) in [5.41, 5.74) is 7.84. The summed E-state index contributed by atoms with van der Waals surface area (Å²) >= 11 is 1.74. The van der Waals surface area contributed by atoms with E-state index in [9.17, 15) is 0 Å². The number of guanidine groups is 1.